The highest BCUT2D eigenvalue weighted by Crippen LogP contribution is 2.40. The van der Waals surface area contributed by atoms with Crippen LogP contribution in [0.2, 0.25) is 10.0 Å². The van der Waals surface area contributed by atoms with Crippen LogP contribution in [0, 0.1) is 5.92 Å². The largest absolute Gasteiger partial charge is 0.481 e. The van der Waals surface area contributed by atoms with E-state index < -0.39 is 5.97 Å². The molecule has 0 amide bonds. The number of H-pyrrole nitrogens is 1. The van der Waals surface area contributed by atoms with Crippen molar-refractivity contribution in [1.29, 1.82) is 0 Å². The van der Waals surface area contributed by atoms with Gasteiger partial charge in [-0.25, -0.2) is 5.10 Å². The maximum Gasteiger partial charge on any atom is 0.306 e. The lowest BCUT2D eigenvalue weighted by molar-refractivity contribution is -0.142. The van der Waals surface area contributed by atoms with Crippen molar-refractivity contribution in [3.63, 3.8) is 0 Å². The summed E-state index contributed by atoms with van der Waals surface area (Å²) in [5.41, 5.74) is 1.10. The summed E-state index contributed by atoms with van der Waals surface area (Å²) in [6, 6.07) is 5.04. The van der Waals surface area contributed by atoms with E-state index in [1.807, 2.05) is 13.8 Å². The van der Waals surface area contributed by atoms with Crippen molar-refractivity contribution in [2.45, 2.75) is 32.6 Å². The molecule has 28 heavy (non-hydrogen) atoms. The molecule has 7 nitrogen and oxygen atoms in total. The summed E-state index contributed by atoms with van der Waals surface area (Å²) >= 11 is 12.8. The Morgan fingerprint density at radius 3 is 2.39 bits per heavy atom. The zero-order chi connectivity index (χ0) is 20.4. The average molecular weight is 426 g/mol. The van der Waals surface area contributed by atoms with Crippen molar-refractivity contribution in [3.05, 3.63) is 44.2 Å². The molecule has 1 aliphatic heterocycles. The number of piperidine rings is 1. The number of aromatic nitrogens is 2. The van der Waals surface area contributed by atoms with Crippen molar-refractivity contribution >= 4 is 34.9 Å². The second-order valence-corrected chi connectivity index (χ2v) is 7.90. The maximum atomic E-state index is 11.8. The molecule has 1 aliphatic rings. The van der Waals surface area contributed by atoms with Crippen LogP contribution in [-0.2, 0) is 4.79 Å². The van der Waals surface area contributed by atoms with E-state index in [1.54, 1.807) is 18.2 Å². The predicted molar refractivity (Wildman–Crippen MR) is 108 cm³/mol. The number of ether oxygens (including phenoxy) is 1. The topological polar surface area (TPSA) is 95.5 Å². The summed E-state index contributed by atoms with van der Waals surface area (Å²) in [4.78, 5) is 25.0. The van der Waals surface area contributed by atoms with Gasteiger partial charge < -0.3 is 14.7 Å². The van der Waals surface area contributed by atoms with Gasteiger partial charge in [0, 0.05) is 30.4 Å². The number of nitrogens with one attached hydrogen (secondary N) is 1. The van der Waals surface area contributed by atoms with Gasteiger partial charge in [0.2, 0.25) is 5.88 Å². The number of carboxylic acid groups (broad SMARTS) is 1. The first-order valence-electron chi connectivity index (χ1n) is 9.00. The Hall–Kier alpha value is -2.25. The predicted octanol–water partition coefficient (Wildman–Crippen LogP) is 4.29. The molecule has 150 valence electrons. The van der Waals surface area contributed by atoms with Gasteiger partial charge in [-0.2, -0.15) is 0 Å². The summed E-state index contributed by atoms with van der Waals surface area (Å²) in [5.74, 6) is -0.611. The minimum atomic E-state index is -0.756. The first-order valence-corrected chi connectivity index (χ1v) is 9.76. The van der Waals surface area contributed by atoms with E-state index >= 15 is 0 Å². The van der Waals surface area contributed by atoms with Crippen molar-refractivity contribution in [3.8, 4) is 11.6 Å². The number of carbonyl (C=O) groups is 1. The second-order valence-electron chi connectivity index (χ2n) is 7.09. The fourth-order valence-corrected chi connectivity index (χ4v) is 3.75. The fraction of sp³-hybridized carbons (Fsp3) is 0.421. The molecule has 1 aromatic carbocycles. The molecule has 3 rings (SSSR count). The Balaban J connectivity index is 1.80. The number of hydrogen-bond acceptors (Lipinski definition) is 5. The molecule has 1 aromatic heterocycles. The third kappa shape index (κ3) is 4.42. The normalized spacial score (nSPS) is 15.1. The number of benzene rings is 1. The minimum absolute atomic E-state index is 0.0103. The molecule has 0 aliphatic carbocycles. The van der Waals surface area contributed by atoms with Gasteiger partial charge in [-0.1, -0.05) is 37.0 Å². The first kappa shape index (κ1) is 20.5. The highest BCUT2D eigenvalue weighted by atomic mass is 35.5. The number of nitrogens with zero attached hydrogens (tertiary/aromatic N) is 2. The van der Waals surface area contributed by atoms with Gasteiger partial charge in [0.1, 0.15) is 0 Å². The number of rotatable bonds is 5. The van der Waals surface area contributed by atoms with Gasteiger partial charge in [0.15, 0.2) is 5.75 Å². The Bertz CT molecular complexity index is 914. The molecule has 0 saturated carbocycles. The van der Waals surface area contributed by atoms with Crippen LogP contribution in [0.3, 0.4) is 0 Å². The molecule has 0 atom stereocenters. The van der Waals surface area contributed by atoms with E-state index in [1.165, 1.54) is 0 Å². The zero-order valence-electron chi connectivity index (χ0n) is 15.5. The van der Waals surface area contributed by atoms with Gasteiger partial charge in [-0.3, -0.25) is 9.59 Å². The van der Waals surface area contributed by atoms with E-state index in [-0.39, 0.29) is 29.0 Å². The molecular formula is C19H21Cl2N3O4. The van der Waals surface area contributed by atoms with Gasteiger partial charge in [-0.15, -0.1) is 5.10 Å². The van der Waals surface area contributed by atoms with Crippen LogP contribution in [-0.4, -0.2) is 34.4 Å². The number of aromatic amines is 1. The van der Waals surface area contributed by atoms with Gasteiger partial charge >= 0.3 is 5.97 Å². The highest BCUT2D eigenvalue weighted by molar-refractivity contribution is 6.37. The van der Waals surface area contributed by atoms with E-state index in [2.05, 4.69) is 15.1 Å². The quantitative estimate of drug-likeness (QED) is 0.741. The minimum Gasteiger partial charge on any atom is -0.481 e. The molecule has 9 heteroatoms. The summed E-state index contributed by atoms with van der Waals surface area (Å²) in [7, 11) is 0. The lowest BCUT2D eigenvalue weighted by Crippen LogP contribution is -2.36. The number of halogens is 2. The third-order valence-electron chi connectivity index (χ3n) is 4.83. The molecule has 0 spiro atoms. The average Bonchev–Trinajstić information content (AvgIpc) is 2.65. The summed E-state index contributed by atoms with van der Waals surface area (Å²) in [6.45, 7) is 5.03. The van der Waals surface area contributed by atoms with E-state index in [4.69, 9.17) is 33.0 Å². The Labute approximate surface area is 172 Å². The van der Waals surface area contributed by atoms with Crippen LogP contribution >= 0.6 is 23.2 Å². The van der Waals surface area contributed by atoms with Crippen LogP contribution in [0.25, 0.3) is 0 Å². The highest BCUT2D eigenvalue weighted by Gasteiger charge is 2.25. The van der Waals surface area contributed by atoms with Crippen LogP contribution in [0.1, 0.15) is 38.2 Å². The Kier molecular flexibility index (Phi) is 6.15. The Morgan fingerprint density at radius 1 is 1.25 bits per heavy atom. The molecular weight excluding hydrogens is 405 g/mol. The molecule has 0 unspecified atom stereocenters. The van der Waals surface area contributed by atoms with E-state index in [9.17, 15) is 9.59 Å². The smallest absolute Gasteiger partial charge is 0.306 e. The zero-order valence-corrected chi connectivity index (χ0v) is 17.0. The van der Waals surface area contributed by atoms with E-state index in [0.29, 0.717) is 41.5 Å². The van der Waals surface area contributed by atoms with Crippen molar-refractivity contribution in [2.75, 3.05) is 18.0 Å². The molecule has 0 radical (unpaired) electrons. The van der Waals surface area contributed by atoms with Crippen molar-refractivity contribution in [1.82, 2.24) is 10.2 Å². The molecule has 2 aromatic rings. The van der Waals surface area contributed by atoms with Crippen LogP contribution in [0.15, 0.2) is 23.0 Å². The Morgan fingerprint density at radius 2 is 1.86 bits per heavy atom. The molecule has 1 saturated heterocycles. The molecule has 2 N–H and O–H groups in total. The number of anilines is 1. The lowest BCUT2D eigenvalue weighted by atomic mass is 9.97. The van der Waals surface area contributed by atoms with Crippen molar-refractivity contribution < 1.29 is 14.6 Å². The molecule has 2 heterocycles. The lowest BCUT2D eigenvalue weighted by Gasteiger charge is -2.32. The molecule has 1 fully saturated rings. The first-order chi connectivity index (χ1) is 13.3. The molecule has 0 bridgehead atoms. The SMILES string of the molecule is CC(C)c1cc(Oc2c(Cl)cc(N3CCC(C(=O)O)CC3)cc2Cl)n[nH]c1=O. The fourth-order valence-electron chi connectivity index (χ4n) is 3.20. The maximum absolute atomic E-state index is 11.8. The summed E-state index contributed by atoms with van der Waals surface area (Å²) in [6.07, 6.45) is 1.14. The van der Waals surface area contributed by atoms with Gasteiger partial charge in [0.05, 0.1) is 16.0 Å². The van der Waals surface area contributed by atoms with Crippen LogP contribution in [0.4, 0.5) is 5.69 Å². The standard InChI is InChI=1S/C19H21Cl2N3O4/c1-10(2)13-9-16(22-23-18(13)25)28-17-14(20)7-12(8-15(17)21)24-5-3-11(4-6-24)19(26)27/h7-11H,3-6H2,1-2H3,(H,23,25)(H,26,27). The van der Waals surface area contributed by atoms with Gasteiger partial charge in [-0.05, 0) is 30.9 Å². The summed E-state index contributed by atoms with van der Waals surface area (Å²) in [5, 5.41) is 16.0. The van der Waals surface area contributed by atoms with Gasteiger partial charge in [0.25, 0.3) is 5.56 Å². The summed E-state index contributed by atoms with van der Waals surface area (Å²) < 4.78 is 5.74. The number of carboxylic acids is 1. The monoisotopic (exact) mass is 425 g/mol. The second kappa shape index (κ2) is 8.41. The number of hydrogen-bond donors (Lipinski definition) is 2. The van der Waals surface area contributed by atoms with Crippen LogP contribution < -0.4 is 15.2 Å². The van der Waals surface area contributed by atoms with E-state index in [0.717, 1.165) is 5.69 Å². The number of aliphatic carboxylic acids is 1. The third-order valence-corrected chi connectivity index (χ3v) is 5.39. The van der Waals surface area contributed by atoms with Crippen LogP contribution in [0.5, 0.6) is 11.6 Å². The van der Waals surface area contributed by atoms with Crippen molar-refractivity contribution in [2.24, 2.45) is 5.92 Å².